The van der Waals surface area contributed by atoms with E-state index in [0.717, 1.165) is 25.7 Å². The second kappa shape index (κ2) is 25.6. The van der Waals surface area contributed by atoms with Gasteiger partial charge in [0.25, 0.3) is 11.8 Å². The van der Waals surface area contributed by atoms with Gasteiger partial charge < -0.3 is 48.9 Å². The number of amides is 8. The molecule has 0 saturated carbocycles. The molecule has 4 aromatic carbocycles. The number of fused-ring (bicyclic) bond motifs is 4. The quantitative estimate of drug-likeness (QED) is 0.0724. The molecule has 2 spiro atoms. The molecule has 6 atom stereocenters. The summed E-state index contributed by atoms with van der Waals surface area (Å²) >= 11 is 12.1. The van der Waals surface area contributed by atoms with Gasteiger partial charge in [0.05, 0.1) is 72.1 Å². The monoisotopic (exact) mass is 1180 g/mol. The first-order valence-electron chi connectivity index (χ1n) is 26.7. The van der Waals surface area contributed by atoms with Crippen molar-refractivity contribution >= 4 is 94.0 Å². The zero-order chi connectivity index (χ0) is 58.3. The van der Waals surface area contributed by atoms with E-state index in [9.17, 15) is 38.4 Å². The third-order valence-corrected chi connectivity index (χ3v) is 15.7. The molecule has 436 valence electrons. The van der Waals surface area contributed by atoms with E-state index in [4.69, 9.17) is 42.1 Å². The Morgan fingerprint density at radius 1 is 0.610 bits per heavy atom. The average Bonchev–Trinajstić information content (AvgIpc) is 2.52. The minimum absolute atomic E-state index is 0.0995. The lowest BCUT2D eigenvalue weighted by atomic mass is 9.82. The lowest BCUT2D eigenvalue weighted by Gasteiger charge is -2.45. The molecule has 0 bridgehead atoms. The van der Waals surface area contributed by atoms with Gasteiger partial charge in [-0.15, -0.1) is 0 Å². The van der Waals surface area contributed by atoms with E-state index in [1.165, 1.54) is 72.6 Å². The molecule has 10 rings (SSSR count). The van der Waals surface area contributed by atoms with Gasteiger partial charge in [0.15, 0.2) is 22.8 Å². The third-order valence-electron chi connectivity index (χ3n) is 15.1. The van der Waals surface area contributed by atoms with E-state index in [2.05, 4.69) is 41.4 Å². The highest BCUT2D eigenvalue weighted by Crippen LogP contribution is 2.47. The molecule has 2 unspecified atom stereocenters. The minimum atomic E-state index is -1.43. The van der Waals surface area contributed by atoms with Crippen LogP contribution in [-0.2, 0) is 49.2 Å². The Kier molecular flexibility index (Phi) is 18.3. The number of nitrogens with zero attached hydrogens (tertiary/aromatic N) is 2. The van der Waals surface area contributed by atoms with Crippen LogP contribution in [0, 0.1) is 11.6 Å². The predicted octanol–water partition coefficient (Wildman–Crippen LogP) is 8.81. The van der Waals surface area contributed by atoms with Crippen LogP contribution >= 0.6 is 23.2 Å². The molecule has 4 fully saturated rings. The summed E-state index contributed by atoms with van der Waals surface area (Å²) in [5, 5.41) is 15.5. The highest BCUT2D eigenvalue weighted by atomic mass is 35.5. The number of nitrogens with one attached hydrogen (secondary N) is 6. The second-order valence-electron chi connectivity index (χ2n) is 20.5. The summed E-state index contributed by atoms with van der Waals surface area (Å²) in [6.07, 6.45) is 1.91. The van der Waals surface area contributed by atoms with Gasteiger partial charge in [0.2, 0.25) is 11.8 Å². The Balaban J connectivity index is 0.000000198. The average molecular weight is 1180 g/mol. The maximum atomic E-state index is 15.3. The Bertz CT molecular complexity index is 2910. The van der Waals surface area contributed by atoms with Crippen LogP contribution < -0.4 is 31.9 Å². The fourth-order valence-corrected chi connectivity index (χ4v) is 11.5. The molecular formula is C56H60Cl2F2N8O14. The molecule has 6 heterocycles. The number of ether oxygens (including phenoxy) is 6. The van der Waals surface area contributed by atoms with E-state index in [-0.39, 0.29) is 81.8 Å². The number of halogens is 4. The van der Waals surface area contributed by atoms with Crippen LogP contribution in [-0.4, -0.2) is 136 Å². The van der Waals surface area contributed by atoms with Crippen molar-refractivity contribution in [2.45, 2.75) is 99.7 Å². The molecule has 22 nitrogen and oxygen atoms in total. The molecule has 0 aromatic heterocycles. The van der Waals surface area contributed by atoms with Crippen molar-refractivity contribution in [3.63, 3.8) is 0 Å². The Hall–Kier alpha value is -7.80. The molecule has 0 aliphatic carbocycles. The van der Waals surface area contributed by atoms with Crippen molar-refractivity contribution in [3.05, 3.63) is 117 Å². The molecular weight excluding hydrogens is 1120 g/mol. The number of piperidine rings is 2. The summed E-state index contributed by atoms with van der Waals surface area (Å²) in [5.74, 6) is -3.20. The van der Waals surface area contributed by atoms with Crippen LogP contribution in [0.5, 0.6) is 0 Å². The van der Waals surface area contributed by atoms with Crippen LogP contribution in [0.2, 0.25) is 10.0 Å². The lowest BCUT2D eigenvalue weighted by Crippen LogP contribution is -2.58. The van der Waals surface area contributed by atoms with Crippen molar-refractivity contribution in [2.75, 3.05) is 74.9 Å². The van der Waals surface area contributed by atoms with Crippen molar-refractivity contribution in [1.82, 2.24) is 20.4 Å². The van der Waals surface area contributed by atoms with Gasteiger partial charge in [-0.25, -0.2) is 28.0 Å². The fourth-order valence-electron chi connectivity index (χ4n) is 11.2. The smallest absolute Gasteiger partial charge is 0.412 e. The molecule has 0 radical (unpaired) electrons. The van der Waals surface area contributed by atoms with Crippen molar-refractivity contribution < 1.29 is 75.6 Å². The summed E-state index contributed by atoms with van der Waals surface area (Å²) in [5.41, 5.74) is -0.755. The molecule has 8 amide bonds. The van der Waals surface area contributed by atoms with Gasteiger partial charge in [0, 0.05) is 61.6 Å². The van der Waals surface area contributed by atoms with E-state index in [0.29, 0.717) is 63.4 Å². The fraction of sp³-hybridized carbons (Fsp3) is 0.429. The highest BCUT2D eigenvalue weighted by Gasteiger charge is 2.51. The number of carbonyl (C=O) groups excluding carboxylic acids is 8. The van der Waals surface area contributed by atoms with E-state index >= 15 is 8.78 Å². The molecule has 6 N–H and O–H groups in total. The Morgan fingerprint density at radius 3 is 1.35 bits per heavy atom. The highest BCUT2D eigenvalue weighted by molar-refractivity contribution is 6.31. The number of hydrogen-bond donors (Lipinski definition) is 6. The number of hydrogen-bond acceptors (Lipinski definition) is 14. The van der Waals surface area contributed by atoms with Crippen LogP contribution in [0.4, 0.5) is 50.7 Å². The van der Waals surface area contributed by atoms with Gasteiger partial charge in [-0.2, -0.15) is 0 Å². The number of methoxy groups -OCH3 is 2. The van der Waals surface area contributed by atoms with Crippen molar-refractivity contribution in [3.8, 4) is 0 Å². The second-order valence-corrected chi connectivity index (χ2v) is 21.3. The standard InChI is InChI=1S/2C28H30ClFN4O7/c2*1-39-26(37)31-17-7-5-16(6-8-17)24(35)32-21(14-18-4-2-13-40-18)25(36)34-12-3-11-28(15-34)22-20(33-27(38)41-28)10-9-19(29)23(22)30/h2*5-10,18,21H,2-4,11-15H2,1H3,(H,31,37)(H,32,35)(H,33,38)/t2*18-,21?,28-/m00/s1. The number of rotatable bonds is 12. The Morgan fingerprint density at radius 2 is 1.00 bits per heavy atom. The number of anilines is 4. The molecule has 6 aliphatic heterocycles. The van der Waals surface area contributed by atoms with E-state index in [1.807, 2.05) is 0 Å². The maximum absolute atomic E-state index is 15.3. The van der Waals surface area contributed by atoms with Gasteiger partial charge >= 0.3 is 24.4 Å². The lowest BCUT2D eigenvalue weighted by molar-refractivity contribution is -0.142. The number of benzene rings is 4. The van der Waals surface area contributed by atoms with Crippen molar-refractivity contribution in [1.29, 1.82) is 0 Å². The molecule has 4 aromatic rings. The van der Waals surface area contributed by atoms with Gasteiger partial charge in [-0.05, 0) is 124 Å². The predicted molar refractivity (Wildman–Crippen MR) is 293 cm³/mol. The van der Waals surface area contributed by atoms with Crippen LogP contribution in [0.15, 0.2) is 72.8 Å². The SMILES string of the molecule is COC(=O)Nc1ccc(C(=O)NC(C[C@@H]2CCCO2)C(=O)N2CCC[C@@]3(C2)OC(=O)Nc2ccc(Cl)c(F)c23)cc1.COC(=O)Nc1ccc(C(=O)NC(C[C@@H]2CCCO2)C(=O)N2CCC[C@@]3(C2)OC(=O)Nc2ccc(Cl)c(F)c23)cc1. The first-order chi connectivity index (χ1) is 39.4. The number of carbonyl (C=O) groups is 8. The summed E-state index contributed by atoms with van der Waals surface area (Å²) in [6.45, 7) is 1.59. The number of likely N-dealkylation sites (tertiary alicyclic amines) is 2. The molecule has 4 saturated heterocycles. The first kappa shape index (κ1) is 58.8. The zero-order valence-corrected chi connectivity index (χ0v) is 46.2. The van der Waals surface area contributed by atoms with Crippen LogP contribution in [0.25, 0.3) is 0 Å². The normalized spacial score (nSPS) is 22.3. The largest absolute Gasteiger partial charge is 0.453 e. The zero-order valence-electron chi connectivity index (χ0n) is 44.7. The topological polar surface area (TPSA) is 271 Å². The van der Waals surface area contributed by atoms with Crippen LogP contribution in [0.3, 0.4) is 0 Å². The molecule has 6 aliphatic rings. The summed E-state index contributed by atoms with van der Waals surface area (Å²) in [7, 11) is 2.48. The first-order valence-corrected chi connectivity index (χ1v) is 27.4. The molecule has 26 heteroatoms. The van der Waals surface area contributed by atoms with E-state index < -0.39 is 82.9 Å². The van der Waals surface area contributed by atoms with Gasteiger partial charge in [-0.1, -0.05) is 23.2 Å². The van der Waals surface area contributed by atoms with E-state index in [1.54, 1.807) is 24.3 Å². The third kappa shape index (κ3) is 13.3. The summed E-state index contributed by atoms with van der Waals surface area (Å²) < 4.78 is 62.6. The maximum Gasteiger partial charge on any atom is 0.412 e. The Labute approximate surface area is 479 Å². The van der Waals surface area contributed by atoms with Gasteiger partial charge in [0.1, 0.15) is 12.1 Å². The molecule has 82 heavy (non-hydrogen) atoms. The summed E-state index contributed by atoms with van der Waals surface area (Å²) in [6, 6.07) is 16.1. The van der Waals surface area contributed by atoms with Crippen LogP contribution in [0.1, 0.15) is 96.1 Å². The summed E-state index contributed by atoms with van der Waals surface area (Å²) in [4.78, 5) is 105. The minimum Gasteiger partial charge on any atom is -0.453 e. The van der Waals surface area contributed by atoms with Gasteiger partial charge in [-0.3, -0.25) is 40.4 Å². The van der Waals surface area contributed by atoms with Crippen molar-refractivity contribution in [2.24, 2.45) is 0 Å².